The fourth-order valence-electron chi connectivity index (χ4n) is 2.81. The highest BCUT2D eigenvalue weighted by Crippen LogP contribution is 2.27. The number of thioether (sulfide) groups is 1. The Morgan fingerprint density at radius 2 is 1.88 bits per heavy atom. The maximum atomic E-state index is 12.3. The van der Waals surface area contributed by atoms with Crippen molar-refractivity contribution in [1.29, 1.82) is 0 Å². The van der Waals surface area contributed by atoms with Crippen LogP contribution in [0.5, 0.6) is 0 Å². The van der Waals surface area contributed by atoms with Gasteiger partial charge in [-0.25, -0.2) is 4.99 Å². The topological polar surface area (TPSA) is 41.5 Å². The van der Waals surface area contributed by atoms with E-state index in [0.717, 1.165) is 28.3 Å². The number of halogens is 1. The maximum absolute atomic E-state index is 12.3. The Balaban J connectivity index is 1.64. The van der Waals surface area contributed by atoms with Crippen LogP contribution >= 0.6 is 23.4 Å². The number of aliphatic imine (C=N–C) groups is 1. The number of benzene rings is 2. The number of amidine groups is 1. The molecule has 1 saturated heterocycles. The summed E-state index contributed by atoms with van der Waals surface area (Å²) in [4.78, 5) is 16.8. The van der Waals surface area contributed by atoms with Crippen molar-refractivity contribution in [2.24, 2.45) is 4.99 Å². The Labute approximate surface area is 164 Å². The minimum atomic E-state index is -0.170. The molecule has 0 spiro atoms. The van der Waals surface area contributed by atoms with Gasteiger partial charge in [-0.3, -0.25) is 4.79 Å². The SMILES string of the molecule is CCCCc1ccc(N=C2NC(=O)[C@H](Cc3ccc(C)c(Cl)c3)S2)cc1. The molecule has 2 aromatic rings. The number of nitrogens with one attached hydrogen (secondary N) is 1. The van der Waals surface area contributed by atoms with Gasteiger partial charge < -0.3 is 5.32 Å². The Morgan fingerprint density at radius 3 is 2.58 bits per heavy atom. The molecule has 0 saturated carbocycles. The van der Waals surface area contributed by atoms with E-state index in [4.69, 9.17) is 11.6 Å². The van der Waals surface area contributed by atoms with E-state index in [9.17, 15) is 4.79 Å². The third kappa shape index (κ3) is 4.89. The first-order chi connectivity index (χ1) is 12.5. The van der Waals surface area contributed by atoms with E-state index in [1.807, 2.05) is 37.3 Å². The predicted molar refractivity (Wildman–Crippen MR) is 112 cm³/mol. The van der Waals surface area contributed by atoms with Crippen LogP contribution in [0.1, 0.15) is 36.5 Å². The van der Waals surface area contributed by atoms with E-state index in [0.29, 0.717) is 11.6 Å². The number of carbonyl (C=O) groups is 1. The van der Waals surface area contributed by atoms with Gasteiger partial charge in [0.2, 0.25) is 5.91 Å². The molecule has 1 aliphatic rings. The fourth-order valence-corrected chi connectivity index (χ4v) is 4.04. The number of amides is 1. The lowest BCUT2D eigenvalue weighted by Crippen LogP contribution is -2.25. The molecule has 1 heterocycles. The lowest BCUT2D eigenvalue weighted by molar-refractivity contribution is -0.118. The van der Waals surface area contributed by atoms with Gasteiger partial charge in [-0.1, -0.05) is 61.0 Å². The lowest BCUT2D eigenvalue weighted by Gasteiger charge is -2.07. The van der Waals surface area contributed by atoms with Gasteiger partial charge in [0.15, 0.2) is 5.17 Å². The largest absolute Gasteiger partial charge is 0.304 e. The van der Waals surface area contributed by atoms with Crippen LogP contribution in [0.15, 0.2) is 47.5 Å². The Morgan fingerprint density at radius 1 is 1.15 bits per heavy atom. The number of aryl methyl sites for hydroxylation is 2. The normalized spacial score (nSPS) is 18.3. The molecule has 26 heavy (non-hydrogen) atoms. The molecular formula is C21H23ClN2OS. The average Bonchev–Trinajstić information content (AvgIpc) is 2.96. The Kier molecular flexibility index (Phi) is 6.38. The highest BCUT2D eigenvalue weighted by atomic mass is 35.5. The molecule has 0 radical (unpaired) electrons. The molecule has 0 unspecified atom stereocenters. The number of nitrogens with zero attached hydrogens (tertiary/aromatic N) is 1. The van der Waals surface area contributed by atoms with Crippen LogP contribution in [0.25, 0.3) is 0 Å². The van der Waals surface area contributed by atoms with Crippen molar-refractivity contribution in [1.82, 2.24) is 5.32 Å². The van der Waals surface area contributed by atoms with Crippen LogP contribution < -0.4 is 5.32 Å². The zero-order chi connectivity index (χ0) is 18.5. The Hall–Kier alpha value is -1.78. The summed E-state index contributed by atoms with van der Waals surface area (Å²) in [6, 6.07) is 14.2. The second-order valence-corrected chi connectivity index (χ2v) is 8.17. The Bertz CT molecular complexity index is 817. The lowest BCUT2D eigenvalue weighted by atomic mass is 10.1. The van der Waals surface area contributed by atoms with Gasteiger partial charge in [-0.2, -0.15) is 0 Å². The summed E-state index contributed by atoms with van der Waals surface area (Å²) in [6.07, 6.45) is 4.14. The van der Waals surface area contributed by atoms with Gasteiger partial charge in [0, 0.05) is 5.02 Å². The summed E-state index contributed by atoms with van der Waals surface area (Å²) in [5.74, 6) is 0.00464. The second kappa shape index (κ2) is 8.74. The quantitative estimate of drug-likeness (QED) is 0.716. The van der Waals surface area contributed by atoms with E-state index in [-0.39, 0.29) is 11.2 Å². The standard InChI is InChI=1S/C21H23ClN2OS/c1-3-4-5-15-8-10-17(11-9-15)23-21-24-20(25)19(26-21)13-16-7-6-14(2)18(22)12-16/h6-12,19H,3-5,13H2,1-2H3,(H,23,24,25)/t19-/m0/s1. The summed E-state index contributed by atoms with van der Waals surface area (Å²) >= 11 is 7.67. The average molecular weight is 387 g/mol. The third-order valence-electron chi connectivity index (χ3n) is 4.42. The molecule has 0 aliphatic carbocycles. The second-order valence-electron chi connectivity index (χ2n) is 6.57. The van der Waals surface area contributed by atoms with E-state index >= 15 is 0 Å². The van der Waals surface area contributed by atoms with Gasteiger partial charge >= 0.3 is 0 Å². The van der Waals surface area contributed by atoms with Gasteiger partial charge in [0.1, 0.15) is 0 Å². The predicted octanol–water partition coefficient (Wildman–Crippen LogP) is 5.45. The molecule has 1 N–H and O–H groups in total. The summed E-state index contributed by atoms with van der Waals surface area (Å²) in [5.41, 5.74) is 4.30. The van der Waals surface area contributed by atoms with Crippen molar-refractivity contribution in [2.45, 2.75) is 44.8 Å². The van der Waals surface area contributed by atoms with E-state index in [1.165, 1.54) is 30.2 Å². The molecule has 1 fully saturated rings. The van der Waals surface area contributed by atoms with Crippen molar-refractivity contribution < 1.29 is 4.79 Å². The van der Waals surface area contributed by atoms with Gasteiger partial charge in [-0.05, 0) is 61.1 Å². The number of hydrogen-bond donors (Lipinski definition) is 1. The molecule has 1 atom stereocenters. The molecule has 0 aromatic heterocycles. The van der Waals surface area contributed by atoms with E-state index in [2.05, 4.69) is 29.4 Å². The number of carbonyl (C=O) groups excluding carboxylic acids is 1. The van der Waals surface area contributed by atoms with Gasteiger partial charge in [-0.15, -0.1) is 0 Å². The molecule has 2 aromatic carbocycles. The monoisotopic (exact) mass is 386 g/mol. The van der Waals surface area contributed by atoms with Crippen LogP contribution in [0.2, 0.25) is 5.02 Å². The van der Waals surface area contributed by atoms with Crippen LogP contribution in [0, 0.1) is 6.92 Å². The summed E-state index contributed by atoms with van der Waals surface area (Å²) in [5, 5.41) is 4.12. The molecule has 0 bridgehead atoms. The maximum Gasteiger partial charge on any atom is 0.239 e. The van der Waals surface area contributed by atoms with Crippen LogP contribution in [-0.2, 0) is 17.6 Å². The molecule has 5 heteroatoms. The van der Waals surface area contributed by atoms with Gasteiger partial charge in [0.25, 0.3) is 0 Å². The van der Waals surface area contributed by atoms with Crippen molar-refractivity contribution >= 4 is 40.1 Å². The minimum absolute atomic E-state index is 0.00464. The highest BCUT2D eigenvalue weighted by molar-refractivity contribution is 8.15. The van der Waals surface area contributed by atoms with Crippen LogP contribution in [0.4, 0.5) is 5.69 Å². The molecule has 3 nitrogen and oxygen atoms in total. The number of hydrogen-bond acceptors (Lipinski definition) is 3. The summed E-state index contributed by atoms with van der Waals surface area (Å²) in [6.45, 7) is 4.17. The van der Waals surface area contributed by atoms with E-state index in [1.54, 1.807) is 0 Å². The van der Waals surface area contributed by atoms with Crippen molar-refractivity contribution in [3.8, 4) is 0 Å². The molecule has 1 amide bonds. The molecule has 3 rings (SSSR count). The first-order valence-electron chi connectivity index (χ1n) is 8.95. The number of unbranched alkanes of at least 4 members (excludes halogenated alkanes) is 1. The number of rotatable bonds is 6. The molecule has 136 valence electrons. The first-order valence-corrected chi connectivity index (χ1v) is 10.2. The summed E-state index contributed by atoms with van der Waals surface area (Å²) in [7, 11) is 0. The van der Waals surface area contributed by atoms with Crippen molar-refractivity contribution in [2.75, 3.05) is 0 Å². The van der Waals surface area contributed by atoms with Crippen LogP contribution in [-0.4, -0.2) is 16.3 Å². The first kappa shape index (κ1) is 19.0. The minimum Gasteiger partial charge on any atom is -0.304 e. The zero-order valence-corrected chi connectivity index (χ0v) is 16.7. The highest BCUT2D eigenvalue weighted by Gasteiger charge is 2.30. The molecular weight excluding hydrogens is 364 g/mol. The fraction of sp³-hybridized carbons (Fsp3) is 0.333. The van der Waals surface area contributed by atoms with Crippen LogP contribution in [0.3, 0.4) is 0 Å². The van der Waals surface area contributed by atoms with Crippen molar-refractivity contribution in [3.05, 3.63) is 64.2 Å². The molecule has 1 aliphatic heterocycles. The summed E-state index contributed by atoms with van der Waals surface area (Å²) < 4.78 is 0. The smallest absolute Gasteiger partial charge is 0.239 e. The van der Waals surface area contributed by atoms with Gasteiger partial charge in [0.05, 0.1) is 10.9 Å². The van der Waals surface area contributed by atoms with E-state index < -0.39 is 0 Å². The third-order valence-corrected chi connectivity index (χ3v) is 5.91. The zero-order valence-electron chi connectivity index (χ0n) is 15.1. The van der Waals surface area contributed by atoms with Crippen molar-refractivity contribution in [3.63, 3.8) is 0 Å².